The van der Waals surface area contributed by atoms with E-state index in [0.717, 1.165) is 32.6 Å². The van der Waals surface area contributed by atoms with Gasteiger partial charge in [-0.2, -0.15) is 0 Å². The van der Waals surface area contributed by atoms with Crippen molar-refractivity contribution in [3.8, 4) is 0 Å². The fourth-order valence-corrected chi connectivity index (χ4v) is 4.68. The van der Waals surface area contributed by atoms with Gasteiger partial charge in [0.05, 0.1) is 5.56 Å². The van der Waals surface area contributed by atoms with Gasteiger partial charge in [0.15, 0.2) is 0 Å². The maximum Gasteiger partial charge on any atom is 0.338 e. The van der Waals surface area contributed by atoms with E-state index < -0.39 is 0 Å². The van der Waals surface area contributed by atoms with Crippen LogP contribution in [0.4, 0.5) is 0 Å². The van der Waals surface area contributed by atoms with E-state index in [1.165, 1.54) is 6.42 Å². The SMILES string of the molecule is CCN(CC)[C@H]1CCC2CN(C)CC1[C@H]2OC(=O)c1ccccc1. The van der Waals surface area contributed by atoms with Crippen LogP contribution in [0.5, 0.6) is 0 Å². The van der Waals surface area contributed by atoms with E-state index in [1.807, 2.05) is 30.3 Å². The van der Waals surface area contributed by atoms with Gasteiger partial charge < -0.3 is 14.5 Å². The number of hydrogen-bond acceptors (Lipinski definition) is 4. The van der Waals surface area contributed by atoms with Crippen molar-refractivity contribution in [2.45, 2.75) is 38.8 Å². The predicted octanol–water partition coefficient (Wildman–Crippen LogP) is 2.89. The van der Waals surface area contributed by atoms with Gasteiger partial charge in [0.25, 0.3) is 0 Å². The van der Waals surface area contributed by atoms with Crippen LogP contribution in [0, 0.1) is 11.8 Å². The fraction of sp³-hybridized carbons (Fsp3) is 0.650. The Morgan fingerprint density at radius 1 is 1.17 bits per heavy atom. The number of fused-ring (bicyclic) bond motifs is 2. The van der Waals surface area contributed by atoms with E-state index in [2.05, 4.69) is 30.7 Å². The van der Waals surface area contributed by atoms with E-state index in [0.29, 0.717) is 23.4 Å². The second-order valence-electron chi connectivity index (χ2n) is 7.25. The Morgan fingerprint density at radius 3 is 2.54 bits per heavy atom. The highest BCUT2D eigenvalue weighted by Crippen LogP contribution is 2.39. The molecule has 2 unspecified atom stereocenters. The average Bonchev–Trinajstić information content (AvgIpc) is 2.59. The first-order valence-electron chi connectivity index (χ1n) is 9.32. The molecular formula is C20H30N2O2. The van der Waals surface area contributed by atoms with Crippen LogP contribution in [-0.4, -0.2) is 61.1 Å². The molecule has 1 saturated heterocycles. The maximum atomic E-state index is 12.6. The van der Waals surface area contributed by atoms with Crippen molar-refractivity contribution in [1.82, 2.24) is 9.80 Å². The van der Waals surface area contributed by atoms with Crippen LogP contribution in [0.3, 0.4) is 0 Å². The Kier molecular flexibility index (Phi) is 5.57. The molecule has 2 fully saturated rings. The van der Waals surface area contributed by atoms with Gasteiger partial charge >= 0.3 is 5.97 Å². The van der Waals surface area contributed by atoms with Gasteiger partial charge in [-0.3, -0.25) is 0 Å². The van der Waals surface area contributed by atoms with Gasteiger partial charge in [-0.05, 0) is 45.1 Å². The van der Waals surface area contributed by atoms with Crippen molar-refractivity contribution in [3.05, 3.63) is 35.9 Å². The lowest BCUT2D eigenvalue weighted by atomic mass is 9.71. The third-order valence-corrected chi connectivity index (χ3v) is 5.82. The molecule has 4 atom stereocenters. The van der Waals surface area contributed by atoms with Crippen LogP contribution < -0.4 is 0 Å². The summed E-state index contributed by atoms with van der Waals surface area (Å²) in [5.41, 5.74) is 0.661. The van der Waals surface area contributed by atoms with Crippen LogP contribution in [0.2, 0.25) is 0 Å². The molecule has 1 aliphatic heterocycles. The van der Waals surface area contributed by atoms with Crippen molar-refractivity contribution in [1.29, 1.82) is 0 Å². The molecule has 24 heavy (non-hydrogen) atoms. The molecule has 132 valence electrons. The van der Waals surface area contributed by atoms with Crippen LogP contribution in [0.1, 0.15) is 37.0 Å². The number of nitrogens with zero attached hydrogens (tertiary/aromatic N) is 2. The van der Waals surface area contributed by atoms with Gasteiger partial charge in [-0.25, -0.2) is 4.79 Å². The molecule has 3 rings (SSSR count). The zero-order valence-electron chi connectivity index (χ0n) is 15.1. The van der Waals surface area contributed by atoms with Crippen LogP contribution in [-0.2, 0) is 4.74 Å². The molecule has 1 saturated carbocycles. The van der Waals surface area contributed by atoms with Crippen LogP contribution in [0.15, 0.2) is 30.3 Å². The lowest BCUT2D eigenvalue weighted by Gasteiger charge is -2.51. The third kappa shape index (κ3) is 3.50. The van der Waals surface area contributed by atoms with Gasteiger partial charge in [0.1, 0.15) is 6.10 Å². The molecular weight excluding hydrogens is 300 g/mol. The molecule has 0 N–H and O–H groups in total. The molecule has 4 heteroatoms. The number of ether oxygens (including phenoxy) is 1. The van der Waals surface area contributed by atoms with E-state index in [4.69, 9.17) is 4.74 Å². The number of carbonyl (C=O) groups excluding carboxylic acids is 1. The molecule has 2 bridgehead atoms. The summed E-state index contributed by atoms with van der Waals surface area (Å²) in [7, 11) is 2.19. The lowest BCUT2D eigenvalue weighted by Crippen LogP contribution is -2.60. The number of esters is 1. The molecule has 1 aliphatic carbocycles. The van der Waals surface area contributed by atoms with E-state index >= 15 is 0 Å². The number of hydrogen-bond donors (Lipinski definition) is 0. The van der Waals surface area contributed by atoms with Gasteiger partial charge in [-0.1, -0.05) is 32.0 Å². The average molecular weight is 330 g/mol. The Morgan fingerprint density at radius 2 is 1.88 bits per heavy atom. The van der Waals surface area contributed by atoms with E-state index in [9.17, 15) is 4.79 Å². The second kappa shape index (κ2) is 7.66. The van der Waals surface area contributed by atoms with Gasteiger partial charge in [0, 0.05) is 31.0 Å². The van der Waals surface area contributed by atoms with Gasteiger partial charge in [-0.15, -0.1) is 0 Å². The monoisotopic (exact) mass is 330 g/mol. The largest absolute Gasteiger partial charge is 0.458 e. The molecule has 4 nitrogen and oxygen atoms in total. The summed E-state index contributed by atoms with van der Waals surface area (Å²) in [6, 6.07) is 9.92. The Balaban J connectivity index is 1.78. The molecule has 1 aromatic carbocycles. The Bertz CT molecular complexity index is 544. The van der Waals surface area contributed by atoms with Crippen LogP contribution in [0.25, 0.3) is 0 Å². The minimum Gasteiger partial charge on any atom is -0.458 e. The highest BCUT2D eigenvalue weighted by atomic mass is 16.5. The molecule has 1 aromatic rings. The number of rotatable bonds is 5. The smallest absolute Gasteiger partial charge is 0.338 e. The maximum absolute atomic E-state index is 12.6. The molecule has 0 aromatic heterocycles. The van der Waals surface area contributed by atoms with E-state index in [-0.39, 0.29) is 12.1 Å². The Labute approximate surface area is 145 Å². The molecule has 0 radical (unpaired) electrons. The summed E-state index contributed by atoms with van der Waals surface area (Å²) in [6.07, 6.45) is 2.42. The summed E-state index contributed by atoms with van der Waals surface area (Å²) in [5.74, 6) is 0.712. The quantitative estimate of drug-likeness (QED) is 0.777. The minimum atomic E-state index is -0.166. The number of benzene rings is 1. The first kappa shape index (κ1) is 17.4. The normalized spacial score (nSPS) is 30.3. The summed E-state index contributed by atoms with van der Waals surface area (Å²) >= 11 is 0. The zero-order chi connectivity index (χ0) is 17.1. The topological polar surface area (TPSA) is 32.8 Å². The van der Waals surface area contributed by atoms with Crippen molar-refractivity contribution in [2.24, 2.45) is 11.8 Å². The van der Waals surface area contributed by atoms with Crippen molar-refractivity contribution in [3.63, 3.8) is 0 Å². The summed E-state index contributed by atoms with van der Waals surface area (Å²) in [4.78, 5) is 17.6. The predicted molar refractivity (Wildman–Crippen MR) is 96.1 cm³/mol. The zero-order valence-corrected chi connectivity index (χ0v) is 15.1. The standard InChI is InChI=1S/C20H30N2O2/c1-4-22(5-2)18-12-11-16-13-21(3)14-17(18)19(16)24-20(23)15-9-7-6-8-10-15/h6-10,16-19H,4-5,11-14H2,1-3H3/t16?,17?,18-,19-/m0/s1. The van der Waals surface area contributed by atoms with Crippen molar-refractivity contribution < 1.29 is 9.53 Å². The molecule has 0 amide bonds. The first-order chi connectivity index (χ1) is 11.6. The van der Waals surface area contributed by atoms with Crippen molar-refractivity contribution in [2.75, 3.05) is 33.2 Å². The second-order valence-corrected chi connectivity index (χ2v) is 7.25. The minimum absolute atomic E-state index is 0.0493. The van der Waals surface area contributed by atoms with Gasteiger partial charge in [0.2, 0.25) is 0 Å². The lowest BCUT2D eigenvalue weighted by molar-refractivity contribution is -0.0924. The number of piperidine rings is 1. The third-order valence-electron chi connectivity index (χ3n) is 5.82. The highest BCUT2D eigenvalue weighted by Gasteiger charge is 2.47. The van der Waals surface area contributed by atoms with E-state index in [1.54, 1.807) is 0 Å². The highest BCUT2D eigenvalue weighted by molar-refractivity contribution is 5.89. The number of likely N-dealkylation sites (tertiary alicyclic amines) is 1. The first-order valence-corrected chi connectivity index (χ1v) is 9.32. The summed E-state index contributed by atoms with van der Waals surface area (Å²) < 4.78 is 6.07. The van der Waals surface area contributed by atoms with Crippen LogP contribution >= 0.6 is 0 Å². The molecule has 1 heterocycles. The molecule has 2 aliphatic rings. The fourth-order valence-electron chi connectivity index (χ4n) is 4.68. The molecule has 0 spiro atoms. The Hall–Kier alpha value is -1.39. The summed E-state index contributed by atoms with van der Waals surface area (Å²) in [5, 5.41) is 0. The van der Waals surface area contributed by atoms with Crippen molar-refractivity contribution >= 4 is 5.97 Å². The summed E-state index contributed by atoms with van der Waals surface area (Å²) in [6.45, 7) is 8.63. The number of carbonyl (C=O) groups is 1.